The van der Waals surface area contributed by atoms with Crippen LogP contribution in [0.1, 0.15) is 25.3 Å². The minimum atomic E-state index is -0.198. The topological polar surface area (TPSA) is 68.9 Å². The van der Waals surface area contributed by atoms with Crippen molar-refractivity contribution in [1.82, 2.24) is 14.1 Å². The first-order chi connectivity index (χ1) is 15.7. The van der Waals surface area contributed by atoms with Crippen molar-refractivity contribution in [3.05, 3.63) is 73.4 Å². The Kier molecular flexibility index (Phi) is 7.04. The highest BCUT2D eigenvalue weighted by atomic mass is 35.5. The summed E-state index contributed by atoms with van der Waals surface area (Å²) in [5.74, 6) is 0.367. The molecule has 0 aliphatic heterocycles. The first kappa shape index (κ1) is 23.7. The Balaban J connectivity index is 1.59. The molecule has 2 heterocycles. The molecule has 0 bridgehead atoms. The van der Waals surface area contributed by atoms with Gasteiger partial charge in [0.15, 0.2) is 14.8 Å². The first-order valence-corrected chi connectivity index (χ1v) is 12.7. The Morgan fingerprint density at radius 1 is 1.18 bits per heavy atom. The number of thioether (sulfide) groups is 1. The van der Waals surface area contributed by atoms with Crippen molar-refractivity contribution in [2.24, 2.45) is 7.05 Å². The number of hydrogen-bond donors (Lipinski definition) is 1. The van der Waals surface area contributed by atoms with E-state index in [-0.39, 0.29) is 17.2 Å². The molecule has 0 saturated heterocycles. The number of rotatable bonds is 6. The van der Waals surface area contributed by atoms with Crippen LogP contribution in [0.5, 0.6) is 0 Å². The van der Waals surface area contributed by atoms with Crippen LogP contribution < -0.4 is 10.9 Å². The smallest absolute Gasteiger partial charge is 0.273 e. The zero-order valence-corrected chi connectivity index (χ0v) is 21.4. The minimum absolute atomic E-state index is 0.115. The molecule has 2 aromatic carbocycles. The Hall–Kier alpha value is -2.46. The summed E-state index contributed by atoms with van der Waals surface area (Å²) in [4.78, 5) is 30.2. The molecule has 0 radical (unpaired) electrons. The molecule has 1 N–H and O–H groups in total. The zero-order valence-electron chi connectivity index (χ0n) is 18.2. The summed E-state index contributed by atoms with van der Waals surface area (Å²) in [6.45, 7) is 4.24. The second-order valence-corrected chi connectivity index (χ2v) is 10.7. The van der Waals surface area contributed by atoms with Gasteiger partial charge in [0.25, 0.3) is 5.56 Å². The maximum absolute atomic E-state index is 13.0. The monoisotopic (exact) mass is 516 g/mol. The van der Waals surface area contributed by atoms with Crippen LogP contribution in [0.15, 0.2) is 58.5 Å². The third kappa shape index (κ3) is 5.06. The van der Waals surface area contributed by atoms with E-state index < -0.39 is 0 Å². The summed E-state index contributed by atoms with van der Waals surface area (Å²) >= 11 is 13.9. The second kappa shape index (κ2) is 9.80. The number of carbonyl (C=O) groups excluding carboxylic acids is 1. The van der Waals surface area contributed by atoms with E-state index in [0.29, 0.717) is 30.4 Å². The maximum atomic E-state index is 13.0. The van der Waals surface area contributed by atoms with Gasteiger partial charge >= 0.3 is 0 Å². The summed E-state index contributed by atoms with van der Waals surface area (Å²) in [6, 6.07) is 15.0. The molecule has 170 valence electrons. The Morgan fingerprint density at radius 2 is 1.85 bits per heavy atom. The van der Waals surface area contributed by atoms with Crippen LogP contribution >= 0.6 is 46.9 Å². The molecule has 2 aromatic heterocycles. The van der Waals surface area contributed by atoms with E-state index in [0.717, 1.165) is 11.4 Å². The number of benzene rings is 2. The lowest BCUT2D eigenvalue weighted by molar-refractivity contribution is -0.113. The number of fused-ring (bicyclic) bond motifs is 1. The number of nitrogens with one attached hydrogen (secondary N) is 1. The number of amides is 1. The predicted octanol–water partition coefficient (Wildman–Crippen LogP) is 6.02. The van der Waals surface area contributed by atoms with E-state index in [1.165, 1.54) is 33.2 Å². The van der Waals surface area contributed by atoms with Gasteiger partial charge in [-0.2, -0.15) is 0 Å². The number of anilines is 1. The van der Waals surface area contributed by atoms with Gasteiger partial charge in [0, 0.05) is 23.4 Å². The molecule has 0 aliphatic carbocycles. The fourth-order valence-electron chi connectivity index (χ4n) is 3.24. The normalized spacial score (nSPS) is 11.3. The van der Waals surface area contributed by atoms with E-state index in [2.05, 4.69) is 24.1 Å². The Morgan fingerprint density at radius 3 is 2.48 bits per heavy atom. The SMILES string of the molecule is CC(C)c1ccc(NC(=O)CSc2nc3c(sc(=S)n3-c3ccc(Cl)cc3)c(=O)n2C)cc1. The van der Waals surface area contributed by atoms with Crippen LogP contribution in [0.25, 0.3) is 16.0 Å². The third-order valence-electron chi connectivity index (χ3n) is 5.05. The molecule has 4 aromatic rings. The number of hydrogen-bond acceptors (Lipinski definition) is 6. The van der Waals surface area contributed by atoms with Gasteiger partial charge in [-0.1, -0.05) is 60.7 Å². The lowest BCUT2D eigenvalue weighted by atomic mass is 10.0. The molecule has 0 unspecified atom stereocenters. The molecule has 4 rings (SSSR count). The molecule has 0 fully saturated rings. The minimum Gasteiger partial charge on any atom is -0.325 e. The first-order valence-electron chi connectivity index (χ1n) is 10.2. The van der Waals surface area contributed by atoms with E-state index in [9.17, 15) is 9.59 Å². The number of thiazole rings is 1. The molecule has 0 saturated carbocycles. The van der Waals surface area contributed by atoms with Gasteiger partial charge in [0.05, 0.1) is 5.75 Å². The Labute approximate surface area is 209 Å². The molecule has 6 nitrogen and oxygen atoms in total. The second-order valence-electron chi connectivity index (χ2n) is 7.70. The van der Waals surface area contributed by atoms with Crippen molar-refractivity contribution in [2.45, 2.75) is 24.9 Å². The highest BCUT2D eigenvalue weighted by Gasteiger charge is 2.17. The third-order valence-corrected chi connectivity index (χ3v) is 7.69. The van der Waals surface area contributed by atoms with E-state index >= 15 is 0 Å². The van der Waals surface area contributed by atoms with Crippen LogP contribution in [0.4, 0.5) is 5.69 Å². The Bertz CT molecular complexity index is 1440. The standard InChI is InChI=1S/C23H21ClN4O2S3/c1-13(2)14-4-8-16(9-5-14)25-18(29)12-32-22-26-20-19(21(30)27(22)3)33-23(31)28(20)17-10-6-15(24)7-11-17/h4-11,13H,12H2,1-3H3,(H,25,29). The maximum Gasteiger partial charge on any atom is 0.273 e. The zero-order chi connectivity index (χ0) is 23.7. The fraction of sp³-hybridized carbons (Fsp3) is 0.217. The molecular formula is C23H21ClN4O2S3. The molecular weight excluding hydrogens is 496 g/mol. The number of carbonyl (C=O) groups is 1. The van der Waals surface area contributed by atoms with E-state index in [1.54, 1.807) is 23.7 Å². The summed E-state index contributed by atoms with van der Waals surface area (Å²) < 4.78 is 4.20. The summed E-state index contributed by atoms with van der Waals surface area (Å²) in [6.07, 6.45) is 0. The molecule has 10 heteroatoms. The fourth-order valence-corrected chi connectivity index (χ4v) is 5.47. The molecule has 33 heavy (non-hydrogen) atoms. The average Bonchev–Trinajstić information content (AvgIpc) is 3.12. The molecule has 0 aliphatic rings. The van der Waals surface area contributed by atoms with Gasteiger partial charge in [0.2, 0.25) is 5.91 Å². The van der Waals surface area contributed by atoms with Gasteiger partial charge in [-0.25, -0.2) is 4.98 Å². The highest BCUT2D eigenvalue weighted by molar-refractivity contribution is 7.99. The predicted molar refractivity (Wildman–Crippen MR) is 140 cm³/mol. The van der Waals surface area contributed by atoms with Gasteiger partial charge in [-0.05, 0) is 60.1 Å². The van der Waals surface area contributed by atoms with Crippen molar-refractivity contribution < 1.29 is 4.79 Å². The molecule has 0 atom stereocenters. The van der Waals surface area contributed by atoms with Gasteiger partial charge in [-0.3, -0.25) is 18.7 Å². The molecule has 0 spiro atoms. The largest absolute Gasteiger partial charge is 0.325 e. The van der Waals surface area contributed by atoms with Crippen molar-refractivity contribution in [1.29, 1.82) is 0 Å². The van der Waals surface area contributed by atoms with Crippen LogP contribution in [-0.4, -0.2) is 25.8 Å². The van der Waals surface area contributed by atoms with Crippen LogP contribution in [0.2, 0.25) is 5.02 Å². The number of halogens is 1. The lowest BCUT2D eigenvalue weighted by Crippen LogP contribution is -2.21. The van der Waals surface area contributed by atoms with Crippen molar-refractivity contribution >= 4 is 68.9 Å². The van der Waals surface area contributed by atoms with E-state index in [4.69, 9.17) is 23.8 Å². The van der Waals surface area contributed by atoms with Crippen molar-refractivity contribution in [3.63, 3.8) is 0 Å². The van der Waals surface area contributed by atoms with Crippen molar-refractivity contribution in [2.75, 3.05) is 11.1 Å². The summed E-state index contributed by atoms with van der Waals surface area (Å²) in [7, 11) is 1.65. The highest BCUT2D eigenvalue weighted by Crippen LogP contribution is 2.26. The van der Waals surface area contributed by atoms with Crippen LogP contribution in [0, 0.1) is 3.95 Å². The quantitative estimate of drug-likeness (QED) is 0.193. The van der Waals surface area contributed by atoms with Crippen LogP contribution in [0.3, 0.4) is 0 Å². The lowest BCUT2D eigenvalue weighted by Gasteiger charge is -2.10. The molecule has 1 amide bonds. The number of aromatic nitrogens is 3. The van der Waals surface area contributed by atoms with Gasteiger partial charge in [-0.15, -0.1) is 0 Å². The van der Waals surface area contributed by atoms with Gasteiger partial charge < -0.3 is 5.32 Å². The summed E-state index contributed by atoms with van der Waals surface area (Å²) in [5, 5.41) is 3.93. The van der Waals surface area contributed by atoms with Crippen molar-refractivity contribution in [3.8, 4) is 5.69 Å². The number of nitrogens with zero attached hydrogens (tertiary/aromatic N) is 3. The van der Waals surface area contributed by atoms with E-state index in [1.807, 2.05) is 36.4 Å². The summed E-state index contributed by atoms with van der Waals surface area (Å²) in [5.41, 5.74) is 2.99. The van der Waals surface area contributed by atoms with Crippen LogP contribution in [-0.2, 0) is 11.8 Å². The van der Waals surface area contributed by atoms with Gasteiger partial charge in [0.1, 0.15) is 4.70 Å². The average molecular weight is 517 g/mol.